The molecular formula is C16H26N4O5S. The van der Waals surface area contributed by atoms with Crippen LogP contribution in [0.4, 0.5) is 0 Å². The number of aromatic nitrogens is 2. The summed E-state index contributed by atoms with van der Waals surface area (Å²) in [5.74, 6) is -1.25. The van der Waals surface area contributed by atoms with E-state index in [1.807, 2.05) is 0 Å². The highest BCUT2D eigenvalue weighted by molar-refractivity contribution is 7.90. The molecule has 0 saturated carbocycles. The largest absolute Gasteiger partial charge is 0.356 e. The molecule has 0 aliphatic carbocycles. The first-order valence-corrected chi connectivity index (χ1v) is 10.0. The van der Waals surface area contributed by atoms with Crippen molar-refractivity contribution in [3.8, 4) is 0 Å². The zero-order valence-electron chi connectivity index (χ0n) is 15.7. The minimum atomic E-state index is -3.83. The maximum atomic E-state index is 12.7. The van der Waals surface area contributed by atoms with E-state index in [0.29, 0.717) is 12.1 Å². The Kier molecular flexibility index (Phi) is 5.76. The quantitative estimate of drug-likeness (QED) is 0.774. The number of aryl methyl sites for hydroxylation is 1. The summed E-state index contributed by atoms with van der Waals surface area (Å²) in [7, 11) is -2.11. The van der Waals surface area contributed by atoms with E-state index in [4.69, 9.17) is 4.74 Å². The third-order valence-corrected chi connectivity index (χ3v) is 5.63. The van der Waals surface area contributed by atoms with Crippen LogP contribution in [0.2, 0.25) is 0 Å². The molecule has 1 aliphatic heterocycles. The Hall–Kier alpha value is -1.94. The molecule has 0 bridgehead atoms. The third kappa shape index (κ3) is 4.82. The van der Waals surface area contributed by atoms with Crippen LogP contribution in [0.15, 0.2) is 12.4 Å². The second-order valence-electron chi connectivity index (χ2n) is 7.59. The molecule has 1 aliphatic rings. The molecule has 2 heterocycles. The van der Waals surface area contributed by atoms with Crippen LogP contribution in [-0.4, -0.2) is 59.9 Å². The van der Waals surface area contributed by atoms with Crippen LogP contribution in [0.1, 0.15) is 39.3 Å². The van der Waals surface area contributed by atoms with Gasteiger partial charge in [0.15, 0.2) is 6.10 Å². The van der Waals surface area contributed by atoms with E-state index in [-0.39, 0.29) is 18.3 Å². The number of hydrogen-bond donors (Lipinski definition) is 1. The van der Waals surface area contributed by atoms with Gasteiger partial charge in [0, 0.05) is 25.4 Å². The van der Waals surface area contributed by atoms with E-state index in [2.05, 4.69) is 9.82 Å². The van der Waals surface area contributed by atoms with Crippen molar-refractivity contribution in [1.29, 1.82) is 0 Å². The van der Waals surface area contributed by atoms with Crippen molar-refractivity contribution < 1.29 is 22.7 Å². The van der Waals surface area contributed by atoms with Crippen LogP contribution in [0.25, 0.3) is 0 Å². The van der Waals surface area contributed by atoms with Crippen molar-refractivity contribution in [1.82, 2.24) is 19.4 Å². The minimum absolute atomic E-state index is 0.202. The van der Waals surface area contributed by atoms with Crippen LogP contribution in [0.3, 0.4) is 0 Å². The van der Waals surface area contributed by atoms with Crippen molar-refractivity contribution >= 4 is 21.8 Å². The number of nitrogens with zero attached hydrogens (tertiary/aromatic N) is 3. The second-order valence-corrected chi connectivity index (χ2v) is 9.31. The highest BCUT2D eigenvalue weighted by atomic mass is 32.2. The smallest absolute Gasteiger partial charge is 0.265 e. The van der Waals surface area contributed by atoms with Gasteiger partial charge in [-0.25, -0.2) is 8.42 Å². The molecule has 0 aromatic carbocycles. The molecule has 1 aromatic heterocycles. The summed E-state index contributed by atoms with van der Waals surface area (Å²) >= 11 is 0. The highest BCUT2D eigenvalue weighted by Gasteiger charge is 2.43. The molecule has 0 unspecified atom stereocenters. The number of sulfonamides is 1. The topological polar surface area (TPSA) is 111 Å². The molecule has 0 radical (unpaired) electrons. The Balaban J connectivity index is 2.29. The Labute approximate surface area is 153 Å². The Bertz CT molecular complexity index is 781. The van der Waals surface area contributed by atoms with E-state index >= 15 is 0 Å². The van der Waals surface area contributed by atoms with Gasteiger partial charge in [-0.15, -0.1) is 0 Å². The molecule has 1 aromatic rings. The van der Waals surface area contributed by atoms with Crippen LogP contribution >= 0.6 is 0 Å². The van der Waals surface area contributed by atoms with Crippen LogP contribution < -0.4 is 4.72 Å². The van der Waals surface area contributed by atoms with Crippen molar-refractivity contribution in [3.05, 3.63) is 18.0 Å². The van der Waals surface area contributed by atoms with E-state index in [1.54, 1.807) is 51.8 Å². The Morgan fingerprint density at radius 3 is 2.58 bits per heavy atom. The average Bonchev–Trinajstić information content (AvgIpc) is 2.89. The number of carbonyl (C=O) groups is 2. The summed E-state index contributed by atoms with van der Waals surface area (Å²) in [4.78, 5) is 26.4. The third-order valence-electron chi connectivity index (χ3n) is 3.87. The second kappa shape index (κ2) is 7.36. The molecule has 1 saturated heterocycles. The normalized spacial score (nSPS) is 21.7. The van der Waals surface area contributed by atoms with Gasteiger partial charge >= 0.3 is 0 Å². The number of morpholine rings is 1. The molecule has 26 heavy (non-hydrogen) atoms. The Morgan fingerprint density at radius 2 is 2.08 bits per heavy atom. The van der Waals surface area contributed by atoms with Gasteiger partial charge in [0.25, 0.3) is 5.91 Å². The van der Waals surface area contributed by atoms with Gasteiger partial charge in [-0.3, -0.25) is 19.0 Å². The first kappa shape index (κ1) is 20.4. The maximum absolute atomic E-state index is 12.7. The van der Waals surface area contributed by atoms with Crippen LogP contribution in [-0.2, 0) is 31.4 Å². The van der Waals surface area contributed by atoms with Crippen molar-refractivity contribution in [2.75, 3.05) is 18.9 Å². The van der Waals surface area contributed by atoms with Crippen LogP contribution in [0.5, 0.6) is 0 Å². The van der Waals surface area contributed by atoms with Crippen LogP contribution in [0, 0.1) is 5.41 Å². The summed E-state index contributed by atoms with van der Waals surface area (Å²) in [5.41, 5.74) is 0.101. The molecule has 1 fully saturated rings. The summed E-state index contributed by atoms with van der Waals surface area (Å²) < 4.78 is 33.6. The standard InChI is InChI=1S/C16H26N4O5S/c1-6-20-12(21)9-25-14(13(20)11-7-17-19(5)8-11)15(22)18-26(23,24)10-16(2,3)4/h7-8,13-14H,6,9-10H2,1-5H3,(H,18,22)/t13-,14+/m1/s1. The van der Waals surface area contributed by atoms with Gasteiger partial charge in [-0.05, 0) is 12.3 Å². The number of rotatable bonds is 5. The van der Waals surface area contributed by atoms with E-state index < -0.39 is 33.5 Å². The lowest BCUT2D eigenvalue weighted by Gasteiger charge is -2.39. The average molecular weight is 386 g/mol. The first-order chi connectivity index (χ1) is 11.9. The van der Waals surface area contributed by atoms with Crippen molar-refractivity contribution in [2.24, 2.45) is 12.5 Å². The molecule has 1 N–H and O–H groups in total. The molecule has 146 valence electrons. The molecule has 0 spiro atoms. The molecule has 2 amide bonds. The fourth-order valence-electron chi connectivity index (χ4n) is 3.01. The van der Waals surface area contributed by atoms with Gasteiger partial charge in [0.1, 0.15) is 6.61 Å². The predicted molar refractivity (Wildman–Crippen MR) is 94.5 cm³/mol. The molecule has 10 heteroatoms. The minimum Gasteiger partial charge on any atom is -0.356 e. The summed E-state index contributed by atoms with van der Waals surface area (Å²) in [6, 6.07) is -0.736. The number of ether oxygens (including phenoxy) is 1. The van der Waals surface area contributed by atoms with Crippen molar-refractivity contribution in [2.45, 2.75) is 39.8 Å². The fourth-order valence-corrected chi connectivity index (χ4v) is 4.65. The van der Waals surface area contributed by atoms with E-state index in [0.717, 1.165) is 0 Å². The van der Waals surface area contributed by atoms with Gasteiger partial charge < -0.3 is 9.64 Å². The lowest BCUT2D eigenvalue weighted by Crippen LogP contribution is -2.55. The van der Waals surface area contributed by atoms with Gasteiger partial charge in [0.05, 0.1) is 18.0 Å². The van der Waals surface area contributed by atoms with E-state index in [1.165, 1.54) is 4.90 Å². The monoisotopic (exact) mass is 386 g/mol. The van der Waals surface area contributed by atoms with Gasteiger partial charge in [0.2, 0.25) is 15.9 Å². The fraction of sp³-hybridized carbons (Fsp3) is 0.688. The lowest BCUT2D eigenvalue weighted by atomic mass is 10.0. The lowest BCUT2D eigenvalue weighted by molar-refractivity contribution is -0.163. The number of nitrogens with one attached hydrogen (secondary N) is 1. The van der Waals surface area contributed by atoms with E-state index in [9.17, 15) is 18.0 Å². The highest BCUT2D eigenvalue weighted by Crippen LogP contribution is 2.30. The molecular weight excluding hydrogens is 360 g/mol. The zero-order chi connectivity index (χ0) is 19.7. The Morgan fingerprint density at radius 1 is 1.42 bits per heavy atom. The number of amides is 2. The number of likely N-dealkylation sites (N-methyl/N-ethyl adjacent to an activating group) is 1. The number of carbonyl (C=O) groups excluding carboxylic acids is 2. The summed E-state index contributed by atoms with van der Waals surface area (Å²) in [6.45, 7) is 7.18. The summed E-state index contributed by atoms with van der Waals surface area (Å²) in [6.07, 6.45) is 2.09. The predicted octanol–water partition coefficient (Wildman–Crippen LogP) is 0.201. The molecule has 2 rings (SSSR count). The molecule has 2 atom stereocenters. The maximum Gasteiger partial charge on any atom is 0.265 e. The SMILES string of the molecule is CCN1C(=O)CO[C@H](C(=O)NS(=O)(=O)CC(C)(C)C)[C@H]1c1cnn(C)c1. The number of hydrogen-bond acceptors (Lipinski definition) is 6. The molecule has 9 nitrogen and oxygen atoms in total. The van der Waals surface area contributed by atoms with Gasteiger partial charge in [-0.2, -0.15) is 5.10 Å². The van der Waals surface area contributed by atoms with Crippen molar-refractivity contribution in [3.63, 3.8) is 0 Å². The van der Waals surface area contributed by atoms with Gasteiger partial charge in [-0.1, -0.05) is 20.8 Å². The summed E-state index contributed by atoms with van der Waals surface area (Å²) in [5, 5.41) is 4.08. The zero-order valence-corrected chi connectivity index (χ0v) is 16.5. The first-order valence-electron chi connectivity index (χ1n) is 8.37.